The van der Waals surface area contributed by atoms with Gasteiger partial charge in [0.25, 0.3) is 0 Å². The van der Waals surface area contributed by atoms with E-state index in [4.69, 9.17) is 22.7 Å². The van der Waals surface area contributed by atoms with E-state index in [9.17, 15) is 4.79 Å². The first kappa shape index (κ1) is 12.4. The quantitative estimate of drug-likeness (QED) is 0.716. The van der Waals surface area contributed by atoms with Crippen molar-refractivity contribution in [3.63, 3.8) is 0 Å². The summed E-state index contributed by atoms with van der Waals surface area (Å²) in [7, 11) is 1.78. The molecular weight excluding hydrogens is 212 g/mol. The summed E-state index contributed by atoms with van der Waals surface area (Å²) in [5.41, 5.74) is 5.39. The van der Waals surface area contributed by atoms with Gasteiger partial charge in [-0.05, 0) is 13.3 Å². The van der Waals surface area contributed by atoms with Gasteiger partial charge in [-0.2, -0.15) is 0 Å². The number of hydrogen-bond acceptors (Lipinski definition) is 3. The second kappa shape index (κ2) is 5.42. The van der Waals surface area contributed by atoms with Gasteiger partial charge in [0, 0.05) is 26.6 Å². The van der Waals surface area contributed by atoms with Crippen molar-refractivity contribution in [1.82, 2.24) is 4.90 Å². The van der Waals surface area contributed by atoms with Crippen molar-refractivity contribution < 1.29 is 9.53 Å². The molecule has 0 aromatic rings. The molecular formula is C10H18N2O2S. The lowest BCUT2D eigenvalue weighted by atomic mass is 10.0. The van der Waals surface area contributed by atoms with Crippen LogP contribution in [0.1, 0.15) is 19.8 Å². The zero-order chi connectivity index (χ0) is 11.4. The van der Waals surface area contributed by atoms with Gasteiger partial charge >= 0.3 is 0 Å². The third-order valence-electron chi connectivity index (χ3n) is 2.76. The summed E-state index contributed by atoms with van der Waals surface area (Å²) in [4.78, 5) is 14.1. The topological polar surface area (TPSA) is 55.6 Å². The lowest BCUT2D eigenvalue weighted by molar-refractivity contribution is -0.135. The fraction of sp³-hybridized carbons (Fsp3) is 0.800. The molecule has 0 bridgehead atoms. The molecule has 5 heteroatoms. The Bertz CT molecular complexity index is 258. The first-order valence-corrected chi connectivity index (χ1v) is 5.58. The van der Waals surface area contributed by atoms with Crippen LogP contribution in [-0.2, 0) is 9.53 Å². The second-order valence-electron chi connectivity index (χ2n) is 3.95. The smallest absolute Gasteiger partial charge is 0.228 e. The zero-order valence-corrected chi connectivity index (χ0v) is 10.0. The molecule has 0 aromatic carbocycles. The molecule has 1 rings (SSSR count). The molecule has 0 saturated carbocycles. The lowest BCUT2D eigenvalue weighted by Crippen LogP contribution is -2.37. The van der Waals surface area contributed by atoms with Gasteiger partial charge < -0.3 is 15.4 Å². The minimum absolute atomic E-state index is 0.00125. The molecule has 1 aliphatic rings. The van der Waals surface area contributed by atoms with Crippen LogP contribution in [0, 0.1) is 5.92 Å². The number of thiocarbonyl (C=S) groups is 1. The second-order valence-corrected chi connectivity index (χ2v) is 4.47. The van der Waals surface area contributed by atoms with E-state index in [-0.39, 0.29) is 17.9 Å². The number of hydrogen-bond donors (Lipinski definition) is 1. The van der Waals surface area contributed by atoms with Crippen LogP contribution >= 0.6 is 12.2 Å². The predicted molar refractivity (Wildman–Crippen MR) is 62.6 cm³/mol. The Kier molecular flexibility index (Phi) is 4.47. The van der Waals surface area contributed by atoms with E-state index in [1.165, 1.54) is 0 Å². The van der Waals surface area contributed by atoms with Crippen LogP contribution in [-0.4, -0.2) is 42.1 Å². The molecule has 86 valence electrons. The average molecular weight is 230 g/mol. The molecule has 2 N–H and O–H groups in total. The largest absolute Gasteiger partial charge is 0.393 e. The highest BCUT2D eigenvalue weighted by Gasteiger charge is 2.32. The number of amides is 1. The monoisotopic (exact) mass is 230 g/mol. The van der Waals surface area contributed by atoms with Gasteiger partial charge in [0.1, 0.15) is 0 Å². The van der Waals surface area contributed by atoms with E-state index < -0.39 is 0 Å². The molecule has 1 saturated heterocycles. The van der Waals surface area contributed by atoms with Gasteiger partial charge in [-0.1, -0.05) is 12.2 Å². The standard InChI is InChI=1S/C10H18N2O2S/c1-7-8(4-6-14-7)10(13)12(2)5-3-9(11)15/h7-8H,3-6H2,1-2H3,(H2,11,15). The number of carbonyl (C=O) groups is 1. The molecule has 4 nitrogen and oxygen atoms in total. The summed E-state index contributed by atoms with van der Waals surface area (Å²) in [5, 5.41) is 0. The van der Waals surface area contributed by atoms with E-state index >= 15 is 0 Å². The normalized spacial score (nSPS) is 25.2. The van der Waals surface area contributed by atoms with Crippen molar-refractivity contribution in [2.24, 2.45) is 11.7 Å². The fourth-order valence-electron chi connectivity index (χ4n) is 1.73. The predicted octanol–water partition coefficient (Wildman–Crippen LogP) is 0.546. The first-order chi connectivity index (χ1) is 7.02. The Hall–Kier alpha value is -0.680. The number of ether oxygens (including phenoxy) is 1. The van der Waals surface area contributed by atoms with Crippen LogP contribution in [0.5, 0.6) is 0 Å². The molecule has 0 radical (unpaired) electrons. The average Bonchev–Trinajstić information content (AvgIpc) is 2.59. The van der Waals surface area contributed by atoms with Crippen LogP contribution in [0.4, 0.5) is 0 Å². The highest BCUT2D eigenvalue weighted by molar-refractivity contribution is 7.80. The molecule has 1 heterocycles. The highest BCUT2D eigenvalue weighted by atomic mass is 32.1. The van der Waals surface area contributed by atoms with Crippen LogP contribution in [0.25, 0.3) is 0 Å². The van der Waals surface area contributed by atoms with Crippen molar-refractivity contribution in [2.75, 3.05) is 20.2 Å². The molecule has 2 atom stereocenters. The summed E-state index contributed by atoms with van der Waals surface area (Å²) < 4.78 is 5.36. The van der Waals surface area contributed by atoms with E-state index in [1.54, 1.807) is 11.9 Å². The van der Waals surface area contributed by atoms with Crippen LogP contribution < -0.4 is 5.73 Å². The fourth-order valence-corrected chi connectivity index (χ4v) is 1.82. The van der Waals surface area contributed by atoms with Gasteiger partial charge in [-0.3, -0.25) is 4.79 Å². The number of nitrogens with two attached hydrogens (primary N) is 1. The van der Waals surface area contributed by atoms with Crippen molar-refractivity contribution >= 4 is 23.1 Å². The van der Waals surface area contributed by atoms with Crippen LogP contribution in [0.3, 0.4) is 0 Å². The van der Waals surface area contributed by atoms with Crippen LogP contribution in [0.15, 0.2) is 0 Å². The number of carbonyl (C=O) groups excluding carboxylic acids is 1. The minimum Gasteiger partial charge on any atom is -0.393 e. The van der Waals surface area contributed by atoms with Gasteiger partial charge in [0.05, 0.1) is 17.0 Å². The Labute approximate surface area is 95.8 Å². The van der Waals surface area contributed by atoms with Crippen molar-refractivity contribution in [2.45, 2.75) is 25.9 Å². The molecule has 0 spiro atoms. The molecule has 15 heavy (non-hydrogen) atoms. The molecule has 0 aliphatic carbocycles. The van der Waals surface area contributed by atoms with Crippen LogP contribution in [0.2, 0.25) is 0 Å². The summed E-state index contributed by atoms with van der Waals surface area (Å²) in [6.07, 6.45) is 1.43. The van der Waals surface area contributed by atoms with Gasteiger partial charge in [-0.25, -0.2) is 0 Å². The van der Waals surface area contributed by atoms with Crippen molar-refractivity contribution in [3.8, 4) is 0 Å². The third-order valence-corrected chi connectivity index (χ3v) is 2.97. The van der Waals surface area contributed by atoms with E-state index in [0.717, 1.165) is 6.42 Å². The highest BCUT2D eigenvalue weighted by Crippen LogP contribution is 2.22. The van der Waals surface area contributed by atoms with Crippen molar-refractivity contribution in [3.05, 3.63) is 0 Å². The van der Waals surface area contributed by atoms with E-state index in [1.807, 2.05) is 6.92 Å². The summed E-state index contributed by atoms with van der Waals surface area (Å²) in [5.74, 6) is 0.137. The molecule has 1 fully saturated rings. The summed E-state index contributed by atoms with van der Waals surface area (Å²) in [6.45, 7) is 3.22. The van der Waals surface area contributed by atoms with Gasteiger partial charge in [-0.15, -0.1) is 0 Å². The Balaban J connectivity index is 2.41. The minimum atomic E-state index is 0.00125. The van der Waals surface area contributed by atoms with E-state index in [0.29, 0.717) is 24.6 Å². The molecule has 1 amide bonds. The number of nitrogens with zero attached hydrogens (tertiary/aromatic N) is 1. The Morgan fingerprint density at radius 3 is 2.80 bits per heavy atom. The maximum atomic E-state index is 11.9. The zero-order valence-electron chi connectivity index (χ0n) is 9.23. The Morgan fingerprint density at radius 2 is 2.33 bits per heavy atom. The lowest BCUT2D eigenvalue weighted by Gasteiger charge is -2.22. The third kappa shape index (κ3) is 3.43. The Morgan fingerprint density at radius 1 is 1.67 bits per heavy atom. The first-order valence-electron chi connectivity index (χ1n) is 5.17. The van der Waals surface area contributed by atoms with Crippen molar-refractivity contribution in [1.29, 1.82) is 0 Å². The molecule has 1 aliphatic heterocycles. The summed E-state index contributed by atoms with van der Waals surface area (Å²) >= 11 is 4.77. The van der Waals surface area contributed by atoms with Gasteiger partial charge in [0.2, 0.25) is 5.91 Å². The maximum Gasteiger partial charge on any atom is 0.228 e. The SMILES string of the molecule is CC1OCCC1C(=O)N(C)CCC(N)=S. The van der Waals surface area contributed by atoms with Gasteiger partial charge in [0.15, 0.2) is 0 Å². The summed E-state index contributed by atoms with van der Waals surface area (Å²) in [6, 6.07) is 0. The number of rotatable bonds is 4. The maximum absolute atomic E-state index is 11.9. The van der Waals surface area contributed by atoms with E-state index in [2.05, 4.69) is 0 Å². The molecule has 2 unspecified atom stereocenters. The molecule has 0 aromatic heterocycles.